The van der Waals surface area contributed by atoms with E-state index in [1.54, 1.807) is 43.0 Å². The van der Waals surface area contributed by atoms with Gasteiger partial charge in [-0.05, 0) is 81.1 Å². The molecule has 0 N–H and O–H groups in total. The number of aryl methyl sites for hydroxylation is 1. The van der Waals surface area contributed by atoms with Crippen molar-refractivity contribution in [3.8, 4) is 11.4 Å². The highest BCUT2D eigenvalue weighted by atomic mass is 32.2. The first-order valence-corrected chi connectivity index (χ1v) is 11.7. The van der Waals surface area contributed by atoms with Gasteiger partial charge in [-0.1, -0.05) is 12.1 Å². The SMILES string of the molecule is CSc1ccc(C=CC(=O)OC(C)C(=O)c2cc(C)n(-c3ccc(OC(F)F)cc3)c2C)cc1. The molecule has 1 unspecified atom stereocenters. The number of benzene rings is 2. The number of Topliss-reactive ketones (excluding diaryl/α,β-unsaturated/α-hetero) is 1. The van der Waals surface area contributed by atoms with Crippen LogP contribution in [0.2, 0.25) is 0 Å². The van der Waals surface area contributed by atoms with Crippen molar-refractivity contribution in [1.29, 1.82) is 0 Å². The smallest absolute Gasteiger partial charge is 0.387 e. The number of hydrogen-bond acceptors (Lipinski definition) is 5. The van der Waals surface area contributed by atoms with Crippen LogP contribution in [0.1, 0.15) is 34.2 Å². The molecule has 1 atom stereocenters. The second-order valence-electron chi connectivity index (χ2n) is 7.54. The van der Waals surface area contributed by atoms with Gasteiger partial charge in [-0.15, -0.1) is 11.8 Å². The maximum atomic E-state index is 13.0. The summed E-state index contributed by atoms with van der Waals surface area (Å²) in [4.78, 5) is 26.4. The Labute approximate surface area is 201 Å². The Hall–Kier alpha value is -3.39. The largest absolute Gasteiger partial charge is 0.451 e. The van der Waals surface area contributed by atoms with E-state index in [-0.39, 0.29) is 11.5 Å². The molecule has 0 fully saturated rings. The first-order chi connectivity index (χ1) is 16.2. The third kappa shape index (κ3) is 6.14. The molecule has 0 spiro atoms. The third-order valence-electron chi connectivity index (χ3n) is 5.21. The van der Waals surface area contributed by atoms with Crippen LogP contribution in [0, 0.1) is 13.8 Å². The van der Waals surface area contributed by atoms with E-state index < -0.39 is 18.7 Å². The molecule has 2 aromatic carbocycles. The summed E-state index contributed by atoms with van der Waals surface area (Å²) < 4.78 is 36.3. The number of esters is 1. The van der Waals surface area contributed by atoms with Gasteiger partial charge in [0.2, 0.25) is 5.78 Å². The summed E-state index contributed by atoms with van der Waals surface area (Å²) >= 11 is 1.63. The highest BCUT2D eigenvalue weighted by Crippen LogP contribution is 2.25. The summed E-state index contributed by atoms with van der Waals surface area (Å²) in [5, 5.41) is 0. The molecule has 178 valence electrons. The molecule has 1 heterocycles. The maximum absolute atomic E-state index is 13.0. The summed E-state index contributed by atoms with van der Waals surface area (Å²) in [6.07, 6.45) is 3.94. The lowest BCUT2D eigenvalue weighted by Crippen LogP contribution is -2.24. The van der Waals surface area contributed by atoms with Crippen LogP contribution in [-0.4, -0.2) is 35.3 Å². The van der Waals surface area contributed by atoms with E-state index in [0.717, 1.165) is 16.2 Å². The molecule has 0 saturated heterocycles. The van der Waals surface area contributed by atoms with Gasteiger partial charge in [-0.3, -0.25) is 4.79 Å². The highest BCUT2D eigenvalue weighted by Gasteiger charge is 2.24. The van der Waals surface area contributed by atoms with Crippen molar-refractivity contribution >= 4 is 29.6 Å². The van der Waals surface area contributed by atoms with Gasteiger partial charge in [-0.2, -0.15) is 8.78 Å². The predicted molar refractivity (Wildman–Crippen MR) is 129 cm³/mol. The molecule has 8 heteroatoms. The number of alkyl halides is 2. The second kappa shape index (κ2) is 11.2. The Balaban J connectivity index is 1.70. The molecule has 3 aromatic rings. The Bertz CT molecular complexity index is 1180. The standard InChI is InChI=1S/C26H25F2NO4S/c1-16-15-23(17(2)29(16)20-8-10-21(11-9-20)33-26(27)28)25(31)18(3)32-24(30)14-7-19-5-12-22(34-4)13-6-19/h5-15,18,26H,1-4H3. The van der Waals surface area contributed by atoms with Crippen molar-refractivity contribution in [2.75, 3.05) is 6.26 Å². The molecular weight excluding hydrogens is 460 g/mol. The van der Waals surface area contributed by atoms with E-state index in [1.165, 1.54) is 25.1 Å². The zero-order valence-corrected chi connectivity index (χ0v) is 20.1. The number of halogens is 2. The Morgan fingerprint density at radius 2 is 1.68 bits per heavy atom. The van der Waals surface area contributed by atoms with Gasteiger partial charge in [0.25, 0.3) is 0 Å². The van der Waals surface area contributed by atoms with Crippen LogP contribution in [0.4, 0.5) is 8.78 Å². The molecule has 0 aliphatic rings. The quantitative estimate of drug-likeness (QED) is 0.155. The average Bonchev–Trinajstić information content (AvgIpc) is 3.11. The molecular formula is C26H25F2NO4S. The average molecular weight is 486 g/mol. The van der Waals surface area contributed by atoms with Crippen LogP contribution in [0.3, 0.4) is 0 Å². The van der Waals surface area contributed by atoms with Crippen molar-refractivity contribution in [2.24, 2.45) is 0 Å². The number of carbonyl (C=O) groups is 2. The van der Waals surface area contributed by atoms with Crippen LogP contribution in [0.15, 0.2) is 65.6 Å². The van der Waals surface area contributed by atoms with Gasteiger partial charge in [-0.25, -0.2) is 4.79 Å². The van der Waals surface area contributed by atoms with Crippen molar-refractivity contribution < 1.29 is 27.8 Å². The molecule has 0 bridgehead atoms. The Morgan fingerprint density at radius 1 is 1.03 bits per heavy atom. The van der Waals surface area contributed by atoms with Crippen LogP contribution in [0.5, 0.6) is 5.75 Å². The number of ketones is 1. The maximum Gasteiger partial charge on any atom is 0.387 e. The topological polar surface area (TPSA) is 57.5 Å². The van der Waals surface area contributed by atoms with Gasteiger partial charge in [0.1, 0.15) is 5.75 Å². The zero-order chi connectivity index (χ0) is 24.8. The number of ether oxygens (including phenoxy) is 2. The van der Waals surface area contributed by atoms with Gasteiger partial charge in [0, 0.05) is 33.6 Å². The zero-order valence-electron chi connectivity index (χ0n) is 19.2. The lowest BCUT2D eigenvalue weighted by atomic mass is 10.1. The fraction of sp³-hybridized carbons (Fsp3) is 0.231. The minimum atomic E-state index is -2.90. The number of hydrogen-bond donors (Lipinski definition) is 0. The summed E-state index contributed by atoms with van der Waals surface area (Å²) in [5.74, 6) is -0.896. The van der Waals surface area contributed by atoms with E-state index >= 15 is 0 Å². The van der Waals surface area contributed by atoms with Crippen LogP contribution in [-0.2, 0) is 9.53 Å². The lowest BCUT2D eigenvalue weighted by molar-refractivity contribution is -0.140. The summed E-state index contributed by atoms with van der Waals surface area (Å²) in [5.41, 5.74) is 3.38. The van der Waals surface area contributed by atoms with Crippen molar-refractivity contribution in [2.45, 2.75) is 38.4 Å². The number of rotatable bonds is 9. The van der Waals surface area contributed by atoms with E-state index in [9.17, 15) is 18.4 Å². The van der Waals surface area contributed by atoms with Gasteiger partial charge < -0.3 is 14.0 Å². The minimum Gasteiger partial charge on any atom is -0.451 e. The molecule has 3 rings (SSSR count). The fourth-order valence-corrected chi connectivity index (χ4v) is 3.96. The minimum absolute atomic E-state index is 0.0475. The van der Waals surface area contributed by atoms with E-state index in [0.29, 0.717) is 16.9 Å². The van der Waals surface area contributed by atoms with Crippen molar-refractivity contribution in [3.05, 3.63) is 83.2 Å². The molecule has 0 amide bonds. The molecule has 5 nitrogen and oxygen atoms in total. The number of carbonyl (C=O) groups excluding carboxylic acids is 2. The van der Waals surface area contributed by atoms with Gasteiger partial charge in [0.05, 0.1) is 0 Å². The third-order valence-corrected chi connectivity index (χ3v) is 5.95. The first-order valence-electron chi connectivity index (χ1n) is 10.5. The molecule has 0 radical (unpaired) electrons. The number of nitrogens with zero attached hydrogens (tertiary/aromatic N) is 1. The van der Waals surface area contributed by atoms with E-state index in [1.807, 2.05) is 42.0 Å². The summed E-state index contributed by atoms with van der Waals surface area (Å²) in [6, 6.07) is 15.6. The molecule has 34 heavy (non-hydrogen) atoms. The number of aromatic nitrogens is 1. The van der Waals surface area contributed by atoms with E-state index in [2.05, 4.69) is 4.74 Å². The van der Waals surface area contributed by atoms with Crippen LogP contribution in [0.25, 0.3) is 11.8 Å². The summed E-state index contributed by atoms with van der Waals surface area (Å²) in [7, 11) is 0. The molecule has 0 aliphatic carbocycles. The normalized spacial score (nSPS) is 12.2. The molecule has 1 aromatic heterocycles. The second-order valence-corrected chi connectivity index (χ2v) is 8.42. The van der Waals surface area contributed by atoms with Crippen LogP contribution >= 0.6 is 11.8 Å². The number of thioether (sulfide) groups is 1. The van der Waals surface area contributed by atoms with Crippen molar-refractivity contribution in [1.82, 2.24) is 4.57 Å². The fourth-order valence-electron chi connectivity index (χ4n) is 3.55. The van der Waals surface area contributed by atoms with Gasteiger partial charge in [0.15, 0.2) is 6.10 Å². The predicted octanol–water partition coefficient (Wildman–Crippen LogP) is 6.25. The first kappa shape index (κ1) is 25.2. The van der Waals surface area contributed by atoms with E-state index in [4.69, 9.17) is 4.74 Å². The molecule has 0 saturated carbocycles. The Kier molecular flexibility index (Phi) is 8.28. The monoisotopic (exact) mass is 485 g/mol. The highest BCUT2D eigenvalue weighted by molar-refractivity contribution is 7.98. The Morgan fingerprint density at radius 3 is 2.26 bits per heavy atom. The van der Waals surface area contributed by atoms with Crippen LogP contribution < -0.4 is 4.74 Å². The lowest BCUT2D eigenvalue weighted by Gasteiger charge is -2.13. The molecule has 0 aliphatic heterocycles. The summed E-state index contributed by atoms with van der Waals surface area (Å²) in [6.45, 7) is 2.24. The van der Waals surface area contributed by atoms with Crippen molar-refractivity contribution in [3.63, 3.8) is 0 Å². The van der Waals surface area contributed by atoms with Gasteiger partial charge >= 0.3 is 12.6 Å².